The first-order chi connectivity index (χ1) is 13.8. The van der Waals surface area contributed by atoms with Crippen LogP contribution in [-0.2, 0) is 0 Å². The zero-order valence-corrected chi connectivity index (χ0v) is 17.5. The van der Waals surface area contributed by atoms with Crippen molar-refractivity contribution in [2.45, 2.75) is 6.42 Å². The summed E-state index contributed by atoms with van der Waals surface area (Å²) in [6, 6.07) is 26.0. The van der Waals surface area contributed by atoms with Gasteiger partial charge >= 0.3 is 0 Å². The summed E-state index contributed by atoms with van der Waals surface area (Å²) < 4.78 is 0. The lowest BCUT2D eigenvalue weighted by Gasteiger charge is -2.24. The van der Waals surface area contributed by atoms with Crippen molar-refractivity contribution in [1.82, 2.24) is 9.88 Å². The Morgan fingerprint density at radius 2 is 1.45 bits per heavy atom. The highest BCUT2D eigenvalue weighted by atomic mass is 35.5. The maximum atomic E-state index is 5.22. The van der Waals surface area contributed by atoms with Crippen LogP contribution in [0.25, 0.3) is 32.8 Å². The van der Waals surface area contributed by atoms with Crippen molar-refractivity contribution in [3.8, 4) is 11.3 Å². The van der Waals surface area contributed by atoms with Crippen LogP contribution in [0.5, 0.6) is 0 Å². The SMILES string of the molecule is CN1CCCN(c2nc(-c3cccc4ccccc34)cc3ccccc23)CC1.Cl. The number of halogens is 1. The van der Waals surface area contributed by atoms with Crippen molar-refractivity contribution >= 4 is 39.8 Å². The van der Waals surface area contributed by atoms with Gasteiger partial charge in [-0.1, -0.05) is 66.7 Å². The lowest BCUT2D eigenvalue weighted by Crippen LogP contribution is -2.29. The number of likely N-dealkylation sites (N-methyl/N-ethyl adjacent to an activating group) is 1. The van der Waals surface area contributed by atoms with Crippen LogP contribution in [0.1, 0.15) is 6.42 Å². The second kappa shape index (κ2) is 8.40. The fraction of sp³-hybridized carbons (Fsp3) is 0.240. The van der Waals surface area contributed by atoms with Crippen molar-refractivity contribution in [1.29, 1.82) is 0 Å². The predicted molar refractivity (Wildman–Crippen MR) is 126 cm³/mol. The Morgan fingerprint density at radius 3 is 2.31 bits per heavy atom. The molecule has 29 heavy (non-hydrogen) atoms. The Labute approximate surface area is 178 Å². The Balaban J connectivity index is 0.00000205. The molecule has 4 heteroatoms. The molecule has 1 saturated heterocycles. The molecule has 0 amide bonds. The highest BCUT2D eigenvalue weighted by molar-refractivity contribution is 6.00. The lowest BCUT2D eigenvalue weighted by atomic mass is 10.00. The van der Waals surface area contributed by atoms with Crippen molar-refractivity contribution in [2.75, 3.05) is 38.1 Å². The molecule has 0 spiro atoms. The quantitative estimate of drug-likeness (QED) is 0.433. The van der Waals surface area contributed by atoms with Gasteiger partial charge in [0.1, 0.15) is 5.82 Å². The smallest absolute Gasteiger partial charge is 0.137 e. The van der Waals surface area contributed by atoms with Crippen LogP contribution in [0.3, 0.4) is 0 Å². The van der Waals surface area contributed by atoms with Gasteiger partial charge in [0.2, 0.25) is 0 Å². The van der Waals surface area contributed by atoms with Crippen LogP contribution in [0, 0.1) is 0 Å². The molecule has 148 valence electrons. The monoisotopic (exact) mass is 403 g/mol. The average molecular weight is 404 g/mol. The minimum Gasteiger partial charge on any atom is -0.355 e. The van der Waals surface area contributed by atoms with Gasteiger partial charge in [-0.2, -0.15) is 0 Å². The minimum absolute atomic E-state index is 0. The number of benzene rings is 3. The van der Waals surface area contributed by atoms with Crippen molar-refractivity contribution < 1.29 is 0 Å². The van der Waals surface area contributed by atoms with E-state index in [1.807, 2.05) is 0 Å². The van der Waals surface area contributed by atoms with E-state index in [0.29, 0.717) is 0 Å². The molecule has 1 fully saturated rings. The van der Waals surface area contributed by atoms with Crippen molar-refractivity contribution in [3.63, 3.8) is 0 Å². The zero-order valence-electron chi connectivity index (χ0n) is 16.7. The molecule has 1 aliphatic heterocycles. The fourth-order valence-electron chi connectivity index (χ4n) is 4.27. The summed E-state index contributed by atoms with van der Waals surface area (Å²) in [5.74, 6) is 1.12. The van der Waals surface area contributed by atoms with E-state index < -0.39 is 0 Å². The number of fused-ring (bicyclic) bond motifs is 2. The van der Waals surface area contributed by atoms with Gasteiger partial charge in [-0.3, -0.25) is 0 Å². The second-order valence-electron chi connectivity index (χ2n) is 7.72. The number of anilines is 1. The number of nitrogens with zero attached hydrogens (tertiary/aromatic N) is 3. The third-order valence-corrected chi connectivity index (χ3v) is 5.80. The Morgan fingerprint density at radius 1 is 0.724 bits per heavy atom. The van der Waals surface area contributed by atoms with Gasteiger partial charge in [0, 0.05) is 30.6 Å². The molecular formula is C25H26ClN3. The minimum atomic E-state index is 0. The summed E-state index contributed by atoms with van der Waals surface area (Å²) in [4.78, 5) is 10.1. The molecular weight excluding hydrogens is 378 g/mol. The molecule has 0 radical (unpaired) electrons. The van der Waals surface area contributed by atoms with Gasteiger partial charge in [-0.15, -0.1) is 12.4 Å². The van der Waals surface area contributed by atoms with Crippen molar-refractivity contribution in [3.05, 3.63) is 72.8 Å². The van der Waals surface area contributed by atoms with Gasteiger partial charge in [-0.25, -0.2) is 4.98 Å². The number of hydrogen-bond donors (Lipinski definition) is 0. The first kappa shape index (κ1) is 19.7. The molecule has 2 heterocycles. The Kier molecular flexibility index (Phi) is 5.70. The molecule has 1 aliphatic rings. The standard InChI is InChI=1S/C25H25N3.ClH/c1-27-14-7-15-28(17-16-27)25-22-12-5-3-9-20(22)18-24(26-25)23-13-6-10-19-8-2-4-11-21(19)23;/h2-6,8-13,18H,7,14-17H2,1H3;1H. The van der Waals surface area contributed by atoms with Crippen LogP contribution in [0.4, 0.5) is 5.82 Å². The molecule has 0 unspecified atom stereocenters. The summed E-state index contributed by atoms with van der Waals surface area (Å²) in [5.41, 5.74) is 2.26. The van der Waals surface area contributed by atoms with Gasteiger partial charge in [0.15, 0.2) is 0 Å². The molecule has 1 aromatic heterocycles. The first-order valence-corrected chi connectivity index (χ1v) is 10.1. The van der Waals surface area contributed by atoms with E-state index in [0.717, 1.165) is 37.7 Å². The van der Waals surface area contributed by atoms with E-state index >= 15 is 0 Å². The molecule has 0 bridgehead atoms. The van der Waals surface area contributed by atoms with Gasteiger partial charge < -0.3 is 9.80 Å². The average Bonchev–Trinajstić information content (AvgIpc) is 2.97. The van der Waals surface area contributed by atoms with Crippen LogP contribution in [0.2, 0.25) is 0 Å². The van der Waals surface area contributed by atoms with E-state index in [9.17, 15) is 0 Å². The topological polar surface area (TPSA) is 19.4 Å². The molecule has 5 rings (SSSR count). The molecule has 3 nitrogen and oxygen atoms in total. The number of rotatable bonds is 2. The maximum absolute atomic E-state index is 5.22. The maximum Gasteiger partial charge on any atom is 0.137 e. The second-order valence-corrected chi connectivity index (χ2v) is 7.72. The molecule has 0 N–H and O–H groups in total. The van der Waals surface area contributed by atoms with Gasteiger partial charge in [0.05, 0.1) is 5.69 Å². The van der Waals surface area contributed by atoms with Crippen LogP contribution in [-0.4, -0.2) is 43.1 Å². The van der Waals surface area contributed by atoms with Crippen LogP contribution >= 0.6 is 12.4 Å². The molecule has 3 aromatic carbocycles. The summed E-state index contributed by atoms with van der Waals surface area (Å²) >= 11 is 0. The van der Waals surface area contributed by atoms with Crippen molar-refractivity contribution in [2.24, 2.45) is 0 Å². The number of pyridine rings is 1. The largest absolute Gasteiger partial charge is 0.355 e. The predicted octanol–water partition coefficient (Wildman–Crippen LogP) is 5.62. The zero-order chi connectivity index (χ0) is 18.9. The number of hydrogen-bond acceptors (Lipinski definition) is 3. The highest BCUT2D eigenvalue weighted by Gasteiger charge is 2.18. The van der Waals surface area contributed by atoms with Gasteiger partial charge in [0.25, 0.3) is 0 Å². The molecule has 0 atom stereocenters. The van der Waals surface area contributed by atoms with E-state index in [2.05, 4.69) is 89.6 Å². The molecule has 4 aromatic rings. The summed E-state index contributed by atoms with van der Waals surface area (Å²) in [6.45, 7) is 4.30. The third-order valence-electron chi connectivity index (χ3n) is 5.80. The lowest BCUT2D eigenvalue weighted by molar-refractivity contribution is 0.360. The summed E-state index contributed by atoms with van der Waals surface area (Å²) in [5, 5.41) is 5.02. The summed E-state index contributed by atoms with van der Waals surface area (Å²) in [6.07, 6.45) is 1.17. The fourth-order valence-corrected chi connectivity index (χ4v) is 4.27. The summed E-state index contributed by atoms with van der Waals surface area (Å²) in [7, 11) is 2.21. The molecule has 0 saturated carbocycles. The van der Waals surface area contributed by atoms with E-state index in [4.69, 9.17) is 4.98 Å². The van der Waals surface area contributed by atoms with Gasteiger partial charge in [-0.05, 0) is 42.2 Å². The third kappa shape index (κ3) is 3.81. The number of aromatic nitrogens is 1. The van der Waals surface area contributed by atoms with E-state index in [-0.39, 0.29) is 12.4 Å². The normalized spacial score (nSPS) is 15.3. The van der Waals surface area contributed by atoms with Crippen LogP contribution in [0.15, 0.2) is 72.8 Å². The Bertz CT molecular complexity index is 1140. The first-order valence-electron chi connectivity index (χ1n) is 10.1. The Hall–Kier alpha value is -2.62. The van der Waals surface area contributed by atoms with E-state index in [1.165, 1.54) is 33.5 Å². The molecule has 0 aliphatic carbocycles. The van der Waals surface area contributed by atoms with E-state index in [1.54, 1.807) is 0 Å². The highest BCUT2D eigenvalue weighted by Crippen LogP contribution is 2.33. The van der Waals surface area contributed by atoms with Crippen LogP contribution < -0.4 is 4.90 Å².